The average molecular weight is 373 g/mol. The summed E-state index contributed by atoms with van der Waals surface area (Å²) < 4.78 is 5.16. The van der Waals surface area contributed by atoms with Gasteiger partial charge in [0, 0.05) is 45.0 Å². The summed E-state index contributed by atoms with van der Waals surface area (Å²) in [5.74, 6) is 0.900. The first-order valence-corrected chi connectivity index (χ1v) is 10.1. The number of aliphatic imine (C=N–C) groups is 1. The summed E-state index contributed by atoms with van der Waals surface area (Å²) in [7, 11) is 1.83. The van der Waals surface area contributed by atoms with Crippen molar-refractivity contribution >= 4 is 17.6 Å². The van der Waals surface area contributed by atoms with Crippen LogP contribution in [0.2, 0.25) is 0 Å². The van der Waals surface area contributed by atoms with Gasteiger partial charge in [0.1, 0.15) is 0 Å². The van der Waals surface area contributed by atoms with Crippen LogP contribution in [0.25, 0.3) is 0 Å². The van der Waals surface area contributed by atoms with Crippen LogP contribution in [0.3, 0.4) is 0 Å². The van der Waals surface area contributed by atoms with Gasteiger partial charge in [-0.25, -0.2) is 0 Å². The molecule has 3 rings (SSSR count). The summed E-state index contributed by atoms with van der Waals surface area (Å²) in [6, 6.07) is 9.06. The minimum Gasteiger partial charge on any atom is -0.466 e. The fraction of sp³-hybridized carbons (Fsp3) is 0.619. The molecule has 1 N–H and O–H groups in total. The maximum Gasteiger partial charge on any atom is 0.309 e. The largest absolute Gasteiger partial charge is 0.466 e. The monoisotopic (exact) mass is 372 g/mol. The van der Waals surface area contributed by atoms with Gasteiger partial charge < -0.3 is 19.9 Å². The second-order valence-corrected chi connectivity index (χ2v) is 7.36. The van der Waals surface area contributed by atoms with Gasteiger partial charge in [-0.05, 0) is 44.7 Å². The number of benzene rings is 1. The summed E-state index contributed by atoms with van der Waals surface area (Å²) >= 11 is 0. The maximum absolute atomic E-state index is 11.9. The first kappa shape index (κ1) is 19.5. The first-order valence-electron chi connectivity index (χ1n) is 10.1. The van der Waals surface area contributed by atoms with Gasteiger partial charge in [0.05, 0.1) is 12.5 Å². The topological polar surface area (TPSA) is 57.2 Å². The lowest BCUT2D eigenvalue weighted by molar-refractivity contribution is -0.149. The molecule has 6 nitrogen and oxygen atoms in total. The second kappa shape index (κ2) is 9.11. The van der Waals surface area contributed by atoms with Crippen molar-refractivity contribution in [3.8, 4) is 0 Å². The number of rotatable bonds is 5. The predicted molar refractivity (Wildman–Crippen MR) is 109 cm³/mol. The molecule has 2 aliphatic rings. The van der Waals surface area contributed by atoms with Gasteiger partial charge in [0.2, 0.25) is 0 Å². The number of piperidine rings is 1. The van der Waals surface area contributed by atoms with Gasteiger partial charge in [-0.3, -0.25) is 9.79 Å². The van der Waals surface area contributed by atoms with Crippen molar-refractivity contribution in [2.24, 2.45) is 10.9 Å². The molecule has 0 aromatic heterocycles. The van der Waals surface area contributed by atoms with Gasteiger partial charge in [0.15, 0.2) is 5.96 Å². The van der Waals surface area contributed by atoms with Gasteiger partial charge in [-0.1, -0.05) is 18.2 Å². The lowest BCUT2D eigenvalue weighted by Gasteiger charge is -2.34. The number of hydrogen-bond acceptors (Lipinski definition) is 4. The molecule has 148 valence electrons. The first-order chi connectivity index (χ1) is 13.1. The molecule has 0 aliphatic carbocycles. The third-order valence-electron chi connectivity index (χ3n) is 5.64. The Kier molecular flexibility index (Phi) is 6.58. The molecular formula is C21H32N4O2. The summed E-state index contributed by atoms with van der Waals surface area (Å²) in [6.45, 7) is 8.17. The molecule has 2 aliphatic heterocycles. The van der Waals surface area contributed by atoms with E-state index < -0.39 is 0 Å². The van der Waals surface area contributed by atoms with Crippen LogP contribution in [0, 0.1) is 5.92 Å². The Hall–Kier alpha value is -2.24. The number of likely N-dealkylation sites (tertiary alicyclic amines) is 1. The number of fused-ring (bicyclic) bond motifs is 1. The van der Waals surface area contributed by atoms with Gasteiger partial charge in [0.25, 0.3) is 0 Å². The van der Waals surface area contributed by atoms with E-state index in [1.807, 2.05) is 14.0 Å². The van der Waals surface area contributed by atoms with E-state index in [9.17, 15) is 4.79 Å². The highest BCUT2D eigenvalue weighted by Gasteiger charge is 2.28. The quantitative estimate of drug-likeness (QED) is 0.488. The molecule has 1 fully saturated rings. The summed E-state index contributed by atoms with van der Waals surface area (Å²) in [5, 5.41) is 3.53. The molecule has 1 atom stereocenters. The molecule has 27 heavy (non-hydrogen) atoms. The molecule has 1 aromatic carbocycles. The molecule has 0 spiro atoms. The number of ether oxygens (including phenoxy) is 1. The molecule has 0 bridgehead atoms. The molecule has 0 amide bonds. The van der Waals surface area contributed by atoms with E-state index in [1.54, 1.807) is 0 Å². The molecule has 2 heterocycles. The molecular weight excluding hydrogens is 340 g/mol. The van der Waals surface area contributed by atoms with E-state index in [1.165, 1.54) is 11.3 Å². The molecule has 1 saturated heterocycles. The summed E-state index contributed by atoms with van der Waals surface area (Å²) in [5.41, 5.74) is 2.80. The van der Waals surface area contributed by atoms with Crippen molar-refractivity contribution in [1.82, 2.24) is 10.2 Å². The molecule has 1 aromatic rings. The maximum atomic E-state index is 11.9. The fourth-order valence-electron chi connectivity index (χ4n) is 4.09. The van der Waals surface area contributed by atoms with Crippen LogP contribution in [0.1, 0.15) is 32.3 Å². The molecule has 6 heteroatoms. The SMILES string of the molecule is CCOC(=O)C1CCN(C(=NC)NCC(C)N2CCc3ccccc32)CC1. The molecule has 0 saturated carbocycles. The number of hydrogen-bond donors (Lipinski definition) is 1. The number of guanidine groups is 1. The van der Waals surface area contributed by atoms with Crippen LogP contribution >= 0.6 is 0 Å². The summed E-state index contributed by atoms with van der Waals surface area (Å²) in [4.78, 5) is 21.1. The summed E-state index contributed by atoms with van der Waals surface area (Å²) in [6.07, 6.45) is 2.78. The molecule has 1 unspecified atom stereocenters. The fourth-order valence-corrected chi connectivity index (χ4v) is 4.09. The lowest BCUT2D eigenvalue weighted by Crippen LogP contribution is -2.50. The van der Waals surface area contributed by atoms with Crippen molar-refractivity contribution in [3.05, 3.63) is 29.8 Å². The zero-order valence-corrected chi connectivity index (χ0v) is 16.8. The number of nitrogens with one attached hydrogen (secondary N) is 1. The zero-order valence-electron chi connectivity index (χ0n) is 16.8. The number of anilines is 1. The number of para-hydroxylation sites is 1. The number of carbonyl (C=O) groups is 1. The van der Waals surface area contributed by atoms with Gasteiger partial charge >= 0.3 is 5.97 Å². The van der Waals surface area contributed by atoms with Crippen LogP contribution in [0.15, 0.2) is 29.3 Å². The van der Waals surface area contributed by atoms with Crippen LogP contribution in [0.4, 0.5) is 5.69 Å². The number of carbonyl (C=O) groups excluding carboxylic acids is 1. The Morgan fingerprint density at radius 3 is 2.74 bits per heavy atom. The van der Waals surface area contributed by atoms with Crippen LogP contribution in [0.5, 0.6) is 0 Å². The van der Waals surface area contributed by atoms with Crippen LogP contribution in [-0.2, 0) is 16.0 Å². The second-order valence-electron chi connectivity index (χ2n) is 7.36. The highest BCUT2D eigenvalue weighted by Crippen LogP contribution is 2.29. The van der Waals surface area contributed by atoms with Crippen molar-refractivity contribution in [2.45, 2.75) is 39.2 Å². The lowest BCUT2D eigenvalue weighted by atomic mass is 9.97. The Labute approximate surface area is 162 Å². The molecule has 0 radical (unpaired) electrons. The van der Waals surface area contributed by atoms with Crippen molar-refractivity contribution in [1.29, 1.82) is 0 Å². The highest BCUT2D eigenvalue weighted by atomic mass is 16.5. The number of nitrogens with zero attached hydrogens (tertiary/aromatic N) is 3. The van der Waals surface area contributed by atoms with Crippen molar-refractivity contribution in [2.75, 3.05) is 44.7 Å². The average Bonchev–Trinajstić information content (AvgIpc) is 3.13. The van der Waals surface area contributed by atoms with E-state index in [0.29, 0.717) is 12.6 Å². The minimum atomic E-state index is -0.0542. The third-order valence-corrected chi connectivity index (χ3v) is 5.64. The van der Waals surface area contributed by atoms with E-state index in [0.717, 1.165) is 51.4 Å². The standard InChI is InChI=1S/C21H32N4O2/c1-4-27-20(26)18-9-12-24(13-10-18)21(22-3)23-15-16(2)25-14-11-17-7-5-6-8-19(17)25/h5-8,16,18H,4,9-15H2,1-3H3,(H,22,23). The normalized spacial score (nSPS) is 19.0. The predicted octanol–water partition coefficient (Wildman–Crippen LogP) is 2.29. The minimum absolute atomic E-state index is 0.0272. The third kappa shape index (κ3) is 4.54. The smallest absolute Gasteiger partial charge is 0.309 e. The van der Waals surface area contributed by atoms with Crippen LogP contribution in [-0.4, -0.2) is 62.7 Å². The Morgan fingerprint density at radius 2 is 2.04 bits per heavy atom. The van der Waals surface area contributed by atoms with Crippen molar-refractivity contribution in [3.63, 3.8) is 0 Å². The number of esters is 1. The Balaban J connectivity index is 1.49. The highest BCUT2D eigenvalue weighted by molar-refractivity contribution is 5.80. The Bertz CT molecular complexity index is 668. The van der Waals surface area contributed by atoms with E-state index in [4.69, 9.17) is 4.74 Å². The van der Waals surface area contributed by atoms with Crippen LogP contribution < -0.4 is 10.2 Å². The van der Waals surface area contributed by atoms with Gasteiger partial charge in [-0.2, -0.15) is 0 Å². The van der Waals surface area contributed by atoms with Crippen molar-refractivity contribution < 1.29 is 9.53 Å². The zero-order chi connectivity index (χ0) is 19.2. The van der Waals surface area contributed by atoms with E-state index >= 15 is 0 Å². The van der Waals surface area contributed by atoms with Gasteiger partial charge in [-0.15, -0.1) is 0 Å². The van der Waals surface area contributed by atoms with E-state index in [-0.39, 0.29) is 11.9 Å². The Morgan fingerprint density at radius 1 is 1.30 bits per heavy atom. The van der Waals surface area contributed by atoms with E-state index in [2.05, 4.69) is 51.3 Å².